The van der Waals surface area contributed by atoms with Crippen LogP contribution in [0, 0.1) is 11.8 Å². The quantitative estimate of drug-likeness (QED) is 0.895. The lowest BCUT2D eigenvalue weighted by Crippen LogP contribution is -2.40. The van der Waals surface area contributed by atoms with Gasteiger partial charge in [-0.3, -0.25) is 9.59 Å². The second-order valence-electron chi connectivity index (χ2n) is 5.62. The van der Waals surface area contributed by atoms with Gasteiger partial charge in [-0.05, 0) is 37.5 Å². The molecule has 114 valence electrons. The van der Waals surface area contributed by atoms with Crippen LogP contribution < -0.4 is 5.32 Å². The number of carbonyl (C=O) groups excluding carboxylic acids is 1. The molecule has 0 bridgehead atoms. The maximum atomic E-state index is 12.4. The molecule has 1 aromatic carbocycles. The van der Waals surface area contributed by atoms with Crippen molar-refractivity contribution >= 4 is 23.5 Å². The van der Waals surface area contributed by atoms with E-state index < -0.39 is 17.8 Å². The maximum Gasteiger partial charge on any atom is 0.307 e. The number of carboxylic acid groups (broad SMARTS) is 1. The zero-order valence-electron chi connectivity index (χ0n) is 12.0. The van der Waals surface area contributed by atoms with Gasteiger partial charge in [0.1, 0.15) is 0 Å². The molecule has 0 unspecified atom stereocenters. The van der Waals surface area contributed by atoms with Gasteiger partial charge >= 0.3 is 5.97 Å². The number of aliphatic carboxylic acids is 1. The van der Waals surface area contributed by atoms with Crippen LogP contribution in [0.2, 0.25) is 5.02 Å². The first-order valence-electron chi connectivity index (χ1n) is 7.27. The van der Waals surface area contributed by atoms with E-state index in [0.29, 0.717) is 17.9 Å². The summed E-state index contributed by atoms with van der Waals surface area (Å²) >= 11 is 5.95. The Balaban J connectivity index is 2.04. The third-order valence-electron chi connectivity index (χ3n) is 4.13. The van der Waals surface area contributed by atoms with Gasteiger partial charge in [0.25, 0.3) is 0 Å². The van der Waals surface area contributed by atoms with Crippen LogP contribution in [-0.4, -0.2) is 17.0 Å². The van der Waals surface area contributed by atoms with Crippen molar-refractivity contribution in [2.24, 2.45) is 11.8 Å². The van der Waals surface area contributed by atoms with Crippen molar-refractivity contribution in [1.29, 1.82) is 0 Å². The first kappa shape index (κ1) is 15.8. The highest BCUT2D eigenvalue weighted by molar-refractivity contribution is 6.30. The highest BCUT2D eigenvalue weighted by Gasteiger charge is 2.36. The average Bonchev–Trinajstić information content (AvgIpc) is 2.47. The Morgan fingerprint density at radius 3 is 2.57 bits per heavy atom. The number of hydrogen-bond acceptors (Lipinski definition) is 2. The van der Waals surface area contributed by atoms with Gasteiger partial charge < -0.3 is 10.4 Å². The molecule has 1 aliphatic rings. The van der Waals surface area contributed by atoms with Crippen LogP contribution in [-0.2, 0) is 9.59 Å². The number of carboxylic acids is 1. The predicted molar refractivity (Wildman–Crippen MR) is 81.1 cm³/mol. The summed E-state index contributed by atoms with van der Waals surface area (Å²) in [7, 11) is 0. The van der Waals surface area contributed by atoms with Gasteiger partial charge in [-0.25, -0.2) is 0 Å². The summed E-state index contributed by atoms with van der Waals surface area (Å²) in [4.78, 5) is 23.6. The summed E-state index contributed by atoms with van der Waals surface area (Å²) in [6.07, 6.45) is 3.02. The number of hydrogen-bond donors (Lipinski definition) is 2. The molecule has 4 nitrogen and oxygen atoms in total. The van der Waals surface area contributed by atoms with Crippen LogP contribution in [0.25, 0.3) is 0 Å². The summed E-state index contributed by atoms with van der Waals surface area (Å²) in [5.41, 5.74) is 0.915. The average molecular weight is 310 g/mol. The summed E-state index contributed by atoms with van der Waals surface area (Å²) in [6.45, 7) is 1.88. The fourth-order valence-electron chi connectivity index (χ4n) is 2.92. The number of rotatable bonds is 4. The Morgan fingerprint density at radius 2 is 1.95 bits per heavy atom. The Bertz CT molecular complexity index is 532. The SMILES string of the molecule is C[C@@H](NC(=O)[C@@H]1CCCC[C@@H]1C(=O)O)c1cccc(Cl)c1. The van der Waals surface area contributed by atoms with Crippen LogP contribution >= 0.6 is 11.6 Å². The van der Waals surface area contributed by atoms with E-state index >= 15 is 0 Å². The summed E-state index contributed by atoms with van der Waals surface area (Å²) in [5.74, 6) is -2.04. The van der Waals surface area contributed by atoms with Crippen LogP contribution in [0.1, 0.15) is 44.2 Å². The zero-order chi connectivity index (χ0) is 15.4. The van der Waals surface area contributed by atoms with E-state index in [9.17, 15) is 14.7 Å². The lowest BCUT2D eigenvalue weighted by molar-refractivity contribution is -0.149. The highest BCUT2D eigenvalue weighted by atomic mass is 35.5. The van der Waals surface area contributed by atoms with E-state index in [-0.39, 0.29) is 11.9 Å². The van der Waals surface area contributed by atoms with Gasteiger partial charge in [0.05, 0.1) is 17.9 Å². The van der Waals surface area contributed by atoms with E-state index in [0.717, 1.165) is 18.4 Å². The molecule has 2 rings (SSSR count). The van der Waals surface area contributed by atoms with Crippen molar-refractivity contribution in [2.45, 2.75) is 38.6 Å². The molecule has 1 fully saturated rings. The van der Waals surface area contributed by atoms with Crippen LogP contribution in [0.4, 0.5) is 0 Å². The highest BCUT2D eigenvalue weighted by Crippen LogP contribution is 2.31. The molecule has 0 heterocycles. The fourth-order valence-corrected chi connectivity index (χ4v) is 3.12. The van der Waals surface area contributed by atoms with E-state index in [1.807, 2.05) is 25.1 Å². The smallest absolute Gasteiger partial charge is 0.307 e. The molecule has 3 atom stereocenters. The fraction of sp³-hybridized carbons (Fsp3) is 0.500. The first-order valence-corrected chi connectivity index (χ1v) is 7.65. The van der Waals surface area contributed by atoms with Gasteiger partial charge in [-0.15, -0.1) is 0 Å². The molecule has 0 aliphatic heterocycles. The normalized spacial score (nSPS) is 23.3. The number of halogens is 1. The van der Waals surface area contributed by atoms with Gasteiger partial charge in [0.2, 0.25) is 5.91 Å². The largest absolute Gasteiger partial charge is 0.481 e. The molecule has 1 saturated carbocycles. The minimum absolute atomic E-state index is 0.172. The molecule has 0 spiro atoms. The van der Waals surface area contributed by atoms with E-state index in [2.05, 4.69) is 5.32 Å². The number of amides is 1. The van der Waals surface area contributed by atoms with Gasteiger partial charge in [0.15, 0.2) is 0 Å². The number of benzene rings is 1. The molecule has 0 aromatic heterocycles. The lowest BCUT2D eigenvalue weighted by Gasteiger charge is -2.28. The number of carbonyl (C=O) groups is 2. The standard InChI is InChI=1S/C16H20ClNO3/c1-10(11-5-4-6-12(17)9-11)18-15(19)13-7-2-3-8-14(13)16(20)21/h4-6,9-10,13-14H,2-3,7-8H2,1H3,(H,18,19)(H,20,21)/t10-,13-,14+/m1/s1. The molecule has 1 aliphatic carbocycles. The molecular formula is C16H20ClNO3. The van der Waals surface area contributed by atoms with Crippen molar-refractivity contribution in [2.75, 3.05) is 0 Å². The van der Waals surface area contributed by atoms with E-state index in [4.69, 9.17) is 11.6 Å². The third kappa shape index (κ3) is 3.97. The molecule has 5 heteroatoms. The van der Waals surface area contributed by atoms with Crippen molar-refractivity contribution in [3.8, 4) is 0 Å². The van der Waals surface area contributed by atoms with E-state index in [1.165, 1.54) is 0 Å². The Morgan fingerprint density at radius 1 is 1.29 bits per heavy atom. The van der Waals surface area contributed by atoms with Gasteiger partial charge in [0, 0.05) is 5.02 Å². The van der Waals surface area contributed by atoms with Gasteiger partial charge in [-0.2, -0.15) is 0 Å². The first-order chi connectivity index (χ1) is 9.99. The van der Waals surface area contributed by atoms with Crippen LogP contribution in [0.5, 0.6) is 0 Å². The van der Waals surface area contributed by atoms with Crippen LogP contribution in [0.3, 0.4) is 0 Å². The van der Waals surface area contributed by atoms with Crippen molar-refractivity contribution < 1.29 is 14.7 Å². The van der Waals surface area contributed by atoms with Crippen molar-refractivity contribution in [3.05, 3.63) is 34.9 Å². The Hall–Kier alpha value is -1.55. The minimum atomic E-state index is -0.870. The third-order valence-corrected chi connectivity index (χ3v) is 4.36. The topological polar surface area (TPSA) is 66.4 Å². The molecule has 0 radical (unpaired) electrons. The lowest BCUT2D eigenvalue weighted by atomic mass is 9.78. The molecule has 1 aromatic rings. The molecule has 21 heavy (non-hydrogen) atoms. The molecule has 0 saturated heterocycles. The zero-order valence-corrected chi connectivity index (χ0v) is 12.8. The second-order valence-corrected chi connectivity index (χ2v) is 6.06. The second kappa shape index (κ2) is 6.94. The van der Waals surface area contributed by atoms with Crippen molar-refractivity contribution in [3.63, 3.8) is 0 Å². The molecule has 1 amide bonds. The molecular weight excluding hydrogens is 290 g/mol. The van der Waals surface area contributed by atoms with Gasteiger partial charge in [-0.1, -0.05) is 36.6 Å². The maximum absolute atomic E-state index is 12.4. The number of nitrogens with one attached hydrogen (secondary N) is 1. The monoisotopic (exact) mass is 309 g/mol. The molecule has 2 N–H and O–H groups in total. The minimum Gasteiger partial charge on any atom is -0.481 e. The summed E-state index contributed by atoms with van der Waals surface area (Å²) < 4.78 is 0. The Kier molecular flexibility index (Phi) is 5.23. The Labute approximate surface area is 129 Å². The predicted octanol–water partition coefficient (Wildman–Crippen LogP) is 3.41. The van der Waals surface area contributed by atoms with Crippen molar-refractivity contribution in [1.82, 2.24) is 5.32 Å². The summed E-state index contributed by atoms with van der Waals surface area (Å²) in [6, 6.07) is 7.13. The van der Waals surface area contributed by atoms with Crippen LogP contribution in [0.15, 0.2) is 24.3 Å². The summed E-state index contributed by atoms with van der Waals surface area (Å²) in [5, 5.41) is 12.8. The van der Waals surface area contributed by atoms with E-state index in [1.54, 1.807) is 6.07 Å².